The van der Waals surface area contributed by atoms with E-state index in [-0.39, 0.29) is 21.7 Å². The fourth-order valence-corrected chi connectivity index (χ4v) is 2.69. The summed E-state index contributed by atoms with van der Waals surface area (Å²) in [5.41, 5.74) is -0.0628. The van der Waals surface area contributed by atoms with Crippen molar-refractivity contribution < 1.29 is 8.42 Å². The summed E-state index contributed by atoms with van der Waals surface area (Å²) in [6.45, 7) is 0. The first kappa shape index (κ1) is 12.9. The van der Waals surface area contributed by atoms with Gasteiger partial charge in [0.15, 0.2) is 0 Å². The number of aromatic nitrogens is 1. The fourth-order valence-electron chi connectivity index (χ4n) is 1.48. The number of benzene rings is 1. The Morgan fingerprint density at radius 1 is 1.16 bits per heavy atom. The van der Waals surface area contributed by atoms with Gasteiger partial charge in [-0.15, -0.1) is 0 Å². The lowest BCUT2D eigenvalue weighted by atomic mass is 10.2. The van der Waals surface area contributed by atoms with E-state index in [2.05, 4.69) is 9.71 Å². The molecule has 1 aromatic carbocycles. The predicted molar refractivity (Wildman–Crippen MR) is 69.0 cm³/mol. The molecule has 2 rings (SSSR count). The van der Waals surface area contributed by atoms with Crippen LogP contribution in [0.5, 0.6) is 0 Å². The SMILES string of the molecule is N#Cc1ccccc1S(=O)(=O)Nc1ccc(=O)[nH]c1. The minimum Gasteiger partial charge on any atom is -0.327 e. The molecule has 7 heteroatoms. The molecule has 0 amide bonds. The molecule has 2 N–H and O–H groups in total. The Labute approximate surface area is 109 Å². The first-order chi connectivity index (χ1) is 9.03. The Kier molecular flexibility index (Phi) is 3.35. The molecule has 0 saturated heterocycles. The van der Waals surface area contributed by atoms with E-state index in [0.717, 1.165) is 0 Å². The number of nitriles is 1. The Bertz CT molecular complexity index is 783. The van der Waals surface area contributed by atoms with Crippen molar-refractivity contribution in [2.24, 2.45) is 0 Å². The van der Waals surface area contributed by atoms with Crippen molar-refractivity contribution >= 4 is 15.7 Å². The molecule has 0 unspecified atom stereocenters. The van der Waals surface area contributed by atoms with Crippen LogP contribution in [0, 0.1) is 11.3 Å². The van der Waals surface area contributed by atoms with E-state index in [9.17, 15) is 13.2 Å². The van der Waals surface area contributed by atoms with Crippen LogP contribution < -0.4 is 10.3 Å². The van der Waals surface area contributed by atoms with Crippen molar-refractivity contribution in [3.8, 4) is 6.07 Å². The zero-order valence-electron chi connectivity index (χ0n) is 9.62. The fraction of sp³-hybridized carbons (Fsp3) is 0. The Hall–Kier alpha value is -2.59. The summed E-state index contributed by atoms with van der Waals surface area (Å²) < 4.78 is 26.5. The highest BCUT2D eigenvalue weighted by Crippen LogP contribution is 2.17. The number of hydrogen-bond acceptors (Lipinski definition) is 4. The highest BCUT2D eigenvalue weighted by Gasteiger charge is 2.18. The summed E-state index contributed by atoms with van der Waals surface area (Å²) in [6.07, 6.45) is 1.24. The summed E-state index contributed by atoms with van der Waals surface area (Å²) >= 11 is 0. The van der Waals surface area contributed by atoms with Crippen LogP contribution in [0.2, 0.25) is 0 Å². The van der Waals surface area contributed by atoms with Gasteiger partial charge in [0.25, 0.3) is 10.0 Å². The zero-order chi connectivity index (χ0) is 13.9. The van der Waals surface area contributed by atoms with Crippen LogP contribution in [0.15, 0.2) is 52.3 Å². The van der Waals surface area contributed by atoms with E-state index >= 15 is 0 Å². The molecule has 0 saturated carbocycles. The van der Waals surface area contributed by atoms with Gasteiger partial charge in [0.1, 0.15) is 11.0 Å². The number of rotatable bonds is 3. The third-order valence-electron chi connectivity index (χ3n) is 2.33. The summed E-state index contributed by atoms with van der Waals surface area (Å²) in [5.74, 6) is 0. The first-order valence-electron chi connectivity index (χ1n) is 5.23. The Morgan fingerprint density at radius 2 is 1.89 bits per heavy atom. The smallest absolute Gasteiger partial charge is 0.263 e. The minimum absolute atomic E-state index is 0.0550. The molecule has 6 nitrogen and oxygen atoms in total. The Morgan fingerprint density at radius 3 is 2.53 bits per heavy atom. The van der Waals surface area contributed by atoms with Crippen molar-refractivity contribution in [2.75, 3.05) is 4.72 Å². The third-order valence-corrected chi connectivity index (χ3v) is 3.77. The molecule has 0 aliphatic rings. The number of aromatic amines is 1. The molecule has 0 aliphatic carbocycles. The lowest BCUT2D eigenvalue weighted by molar-refractivity contribution is 0.601. The van der Waals surface area contributed by atoms with Crippen LogP contribution in [0.1, 0.15) is 5.56 Å². The number of pyridine rings is 1. The third kappa shape index (κ3) is 2.81. The molecule has 0 radical (unpaired) electrons. The minimum atomic E-state index is -3.86. The van der Waals surface area contributed by atoms with Crippen LogP contribution >= 0.6 is 0 Å². The number of nitrogens with zero attached hydrogens (tertiary/aromatic N) is 1. The van der Waals surface area contributed by atoms with E-state index in [1.54, 1.807) is 6.07 Å². The van der Waals surface area contributed by atoms with Gasteiger partial charge in [-0.05, 0) is 18.2 Å². The molecule has 0 aliphatic heterocycles. The van der Waals surface area contributed by atoms with Crippen LogP contribution in [0.4, 0.5) is 5.69 Å². The number of anilines is 1. The molecule has 0 bridgehead atoms. The molecular weight excluding hydrogens is 266 g/mol. The van der Waals surface area contributed by atoms with Gasteiger partial charge < -0.3 is 4.98 Å². The van der Waals surface area contributed by atoms with Crippen molar-refractivity contribution in [2.45, 2.75) is 4.90 Å². The topological polar surface area (TPSA) is 103 Å². The van der Waals surface area contributed by atoms with Crippen LogP contribution in [-0.4, -0.2) is 13.4 Å². The van der Waals surface area contributed by atoms with Crippen LogP contribution in [0.3, 0.4) is 0 Å². The quantitative estimate of drug-likeness (QED) is 0.873. The average Bonchev–Trinajstić information content (AvgIpc) is 2.41. The second kappa shape index (κ2) is 4.96. The van der Waals surface area contributed by atoms with Gasteiger partial charge in [-0.2, -0.15) is 5.26 Å². The highest BCUT2D eigenvalue weighted by atomic mass is 32.2. The number of H-pyrrole nitrogens is 1. The van der Waals surface area contributed by atoms with Gasteiger partial charge in [0.05, 0.1) is 11.3 Å². The monoisotopic (exact) mass is 275 g/mol. The van der Waals surface area contributed by atoms with Gasteiger partial charge >= 0.3 is 0 Å². The number of hydrogen-bond donors (Lipinski definition) is 2. The van der Waals surface area contributed by atoms with Crippen molar-refractivity contribution in [3.05, 3.63) is 58.5 Å². The molecule has 0 fully saturated rings. The van der Waals surface area contributed by atoms with E-state index in [0.29, 0.717) is 0 Å². The molecule has 96 valence electrons. The van der Waals surface area contributed by atoms with Crippen molar-refractivity contribution in [1.82, 2.24) is 4.98 Å². The maximum Gasteiger partial charge on any atom is 0.263 e. The predicted octanol–water partition coefficient (Wildman–Crippen LogP) is 1.05. The number of sulfonamides is 1. The lowest BCUT2D eigenvalue weighted by Crippen LogP contribution is -2.15. The molecule has 1 heterocycles. The zero-order valence-corrected chi connectivity index (χ0v) is 10.4. The lowest BCUT2D eigenvalue weighted by Gasteiger charge is -2.08. The van der Waals surface area contributed by atoms with E-state index in [1.807, 2.05) is 6.07 Å². The van der Waals surface area contributed by atoms with Crippen molar-refractivity contribution in [1.29, 1.82) is 5.26 Å². The van der Waals surface area contributed by atoms with Gasteiger partial charge in [-0.3, -0.25) is 9.52 Å². The highest BCUT2D eigenvalue weighted by molar-refractivity contribution is 7.92. The van der Waals surface area contributed by atoms with Gasteiger partial charge in [0, 0.05) is 12.3 Å². The van der Waals surface area contributed by atoms with Crippen LogP contribution in [-0.2, 0) is 10.0 Å². The Balaban J connectivity index is 2.41. The molecular formula is C12H9N3O3S. The van der Waals surface area contributed by atoms with Crippen LogP contribution in [0.25, 0.3) is 0 Å². The second-order valence-electron chi connectivity index (χ2n) is 3.66. The number of nitrogens with one attached hydrogen (secondary N) is 2. The maximum absolute atomic E-state index is 12.1. The molecule has 1 aromatic heterocycles. The van der Waals surface area contributed by atoms with Crippen molar-refractivity contribution in [3.63, 3.8) is 0 Å². The van der Waals surface area contributed by atoms with Gasteiger partial charge in [-0.25, -0.2) is 8.42 Å². The maximum atomic E-state index is 12.1. The molecule has 0 spiro atoms. The van der Waals surface area contributed by atoms with Gasteiger partial charge in [-0.1, -0.05) is 12.1 Å². The second-order valence-corrected chi connectivity index (χ2v) is 5.31. The van der Waals surface area contributed by atoms with E-state index in [4.69, 9.17) is 5.26 Å². The average molecular weight is 275 g/mol. The van der Waals surface area contributed by atoms with E-state index in [1.165, 1.54) is 36.5 Å². The normalized spacial score (nSPS) is 10.7. The molecule has 2 aromatic rings. The first-order valence-corrected chi connectivity index (χ1v) is 6.72. The largest absolute Gasteiger partial charge is 0.327 e. The molecule has 0 atom stereocenters. The summed E-state index contributed by atoms with van der Waals surface area (Å²) in [4.78, 5) is 13.1. The standard InChI is InChI=1S/C12H9N3O3S/c13-7-9-3-1-2-4-11(9)19(17,18)15-10-5-6-12(16)14-8-10/h1-6,8,15H,(H,14,16). The van der Waals surface area contributed by atoms with Gasteiger partial charge in [0.2, 0.25) is 5.56 Å². The summed E-state index contributed by atoms with van der Waals surface area (Å²) in [5, 5.41) is 8.89. The molecule has 19 heavy (non-hydrogen) atoms. The van der Waals surface area contributed by atoms with E-state index < -0.39 is 10.0 Å². The summed E-state index contributed by atoms with van der Waals surface area (Å²) in [6, 6.07) is 10.2. The summed E-state index contributed by atoms with van der Waals surface area (Å²) in [7, 11) is -3.86.